The molecule has 1 fully saturated rings. The summed E-state index contributed by atoms with van der Waals surface area (Å²) in [6, 6.07) is 1.74. The highest BCUT2D eigenvalue weighted by Gasteiger charge is 2.53. The lowest BCUT2D eigenvalue weighted by molar-refractivity contribution is -0.687. The van der Waals surface area contributed by atoms with Crippen LogP contribution in [-0.2, 0) is 25.8 Å². The monoisotopic (exact) mass is 563 g/mol. The molecule has 4 rings (SSSR count). The molecule has 2 aliphatic rings. The summed E-state index contributed by atoms with van der Waals surface area (Å²) in [6.45, 7) is -1.02. The second-order valence-electron chi connectivity index (χ2n) is 7.65. The number of nitrogens with one attached hydrogen (secondary N) is 1. The number of pyridine rings is 1. The second kappa shape index (κ2) is 11.3. The van der Waals surface area contributed by atoms with Gasteiger partial charge in [0, 0.05) is 29.4 Å². The molecule has 0 unspecified atom stereocenters. The van der Waals surface area contributed by atoms with E-state index in [0.29, 0.717) is 12.1 Å². The Bertz CT molecular complexity index is 1380. The number of thioether (sulfide) groups is 1. The van der Waals surface area contributed by atoms with Gasteiger partial charge in [-0.1, -0.05) is 11.2 Å². The number of hydrogen-bond donors (Lipinski definition) is 3. The van der Waals surface area contributed by atoms with Crippen molar-refractivity contribution in [2.75, 3.05) is 18.3 Å². The largest absolute Gasteiger partial charge is 0.543 e. The third kappa shape index (κ3) is 5.47. The van der Waals surface area contributed by atoms with E-state index in [1.54, 1.807) is 29.1 Å². The van der Waals surface area contributed by atoms with Crippen LogP contribution in [-0.4, -0.2) is 72.9 Å². The van der Waals surface area contributed by atoms with Crippen molar-refractivity contribution >= 4 is 57.9 Å². The van der Waals surface area contributed by atoms with Crippen LogP contribution in [0.4, 0.5) is 9.52 Å². The summed E-state index contributed by atoms with van der Waals surface area (Å²) in [5, 5.41) is 26.0. The number of carbonyl (C=O) groups is 4. The molecule has 14 nitrogen and oxygen atoms in total. The highest BCUT2D eigenvalue weighted by molar-refractivity contribution is 8.00. The second-order valence-corrected chi connectivity index (χ2v) is 9.54. The van der Waals surface area contributed by atoms with Gasteiger partial charge in [-0.05, 0) is 11.6 Å². The van der Waals surface area contributed by atoms with E-state index < -0.39 is 47.7 Å². The number of nitrogens with two attached hydrogens (primary N) is 1. The number of aromatic carboxylic acids is 1. The van der Waals surface area contributed by atoms with Crippen LogP contribution in [0.3, 0.4) is 0 Å². The van der Waals surface area contributed by atoms with E-state index >= 15 is 0 Å². The number of anilines is 1. The number of alkyl halides is 1. The molecule has 2 amide bonds. The van der Waals surface area contributed by atoms with Gasteiger partial charge in [0.05, 0.1) is 17.2 Å². The molecule has 2 aromatic rings. The number of amides is 2. The van der Waals surface area contributed by atoms with Crippen molar-refractivity contribution in [1.82, 2.24) is 19.6 Å². The molecule has 4 heterocycles. The summed E-state index contributed by atoms with van der Waals surface area (Å²) >= 11 is 1.98. The molecule has 38 heavy (non-hydrogen) atoms. The molecule has 2 aromatic heterocycles. The van der Waals surface area contributed by atoms with E-state index in [1.165, 1.54) is 23.9 Å². The number of β-lactam (4-membered cyclic amide) rings is 1. The predicted octanol–water partition coefficient (Wildman–Crippen LogP) is -1.59. The molecule has 17 heteroatoms. The zero-order valence-corrected chi connectivity index (χ0v) is 20.8. The van der Waals surface area contributed by atoms with Crippen molar-refractivity contribution in [3.05, 3.63) is 59.3 Å². The Balaban J connectivity index is 1.47. The number of carboxylic acid groups (broad SMARTS) is 2. The third-order valence-corrected chi connectivity index (χ3v) is 7.17. The zero-order valence-electron chi connectivity index (χ0n) is 19.1. The fraction of sp³-hybridized carbons (Fsp3) is 0.238. The number of oxime groups is 1. The number of hydrogen-bond acceptors (Lipinski definition) is 12. The highest BCUT2D eigenvalue weighted by atomic mass is 32.2. The van der Waals surface area contributed by atoms with Gasteiger partial charge >= 0.3 is 5.97 Å². The Morgan fingerprint density at radius 2 is 2.13 bits per heavy atom. The average molecular weight is 564 g/mol. The number of halogens is 1. The summed E-state index contributed by atoms with van der Waals surface area (Å²) in [6.07, 6.45) is 6.32. The van der Waals surface area contributed by atoms with Crippen molar-refractivity contribution in [2.45, 2.75) is 18.0 Å². The van der Waals surface area contributed by atoms with E-state index in [9.17, 15) is 28.7 Å². The summed E-state index contributed by atoms with van der Waals surface area (Å²) in [4.78, 5) is 57.7. The van der Waals surface area contributed by atoms with Gasteiger partial charge < -0.3 is 30.9 Å². The first-order valence-electron chi connectivity index (χ1n) is 10.7. The normalized spacial score (nSPS) is 19.2. The van der Waals surface area contributed by atoms with Gasteiger partial charge in [-0.15, -0.1) is 11.8 Å². The fourth-order valence-corrected chi connectivity index (χ4v) is 5.37. The van der Waals surface area contributed by atoms with Crippen LogP contribution in [0.25, 0.3) is 0 Å². The van der Waals surface area contributed by atoms with Gasteiger partial charge in [-0.3, -0.25) is 14.5 Å². The lowest BCUT2D eigenvalue weighted by Gasteiger charge is -2.50. The van der Waals surface area contributed by atoms with E-state index in [1.807, 2.05) is 0 Å². The van der Waals surface area contributed by atoms with Crippen LogP contribution in [0.1, 0.15) is 16.2 Å². The molecule has 0 aromatic carbocycles. The number of aromatic nitrogens is 3. The Morgan fingerprint density at radius 1 is 1.39 bits per heavy atom. The molecular formula is C21H18FN7O7S2. The Morgan fingerprint density at radius 3 is 2.74 bits per heavy atom. The maximum Gasteiger partial charge on any atom is 0.336 e. The molecule has 0 saturated carbocycles. The van der Waals surface area contributed by atoms with Crippen LogP contribution in [0.5, 0.6) is 0 Å². The maximum atomic E-state index is 12.9. The summed E-state index contributed by atoms with van der Waals surface area (Å²) in [7, 11) is 0. The molecule has 198 valence electrons. The maximum absolute atomic E-state index is 12.9. The number of aliphatic carboxylic acids is 1. The van der Waals surface area contributed by atoms with Crippen molar-refractivity contribution in [2.24, 2.45) is 5.16 Å². The first-order chi connectivity index (χ1) is 18.2. The van der Waals surface area contributed by atoms with Crippen LogP contribution in [0, 0.1) is 0 Å². The average Bonchev–Trinajstić information content (AvgIpc) is 3.32. The Hall–Kier alpha value is -4.38. The van der Waals surface area contributed by atoms with Gasteiger partial charge in [0.1, 0.15) is 11.4 Å². The quantitative estimate of drug-likeness (QED) is 0.130. The highest BCUT2D eigenvalue weighted by Crippen LogP contribution is 2.40. The minimum absolute atomic E-state index is 0.0227. The van der Waals surface area contributed by atoms with Crippen molar-refractivity contribution in [3.63, 3.8) is 0 Å². The zero-order chi connectivity index (χ0) is 27.4. The lowest BCUT2D eigenvalue weighted by Crippen LogP contribution is -2.71. The lowest BCUT2D eigenvalue weighted by atomic mass is 10.0. The minimum Gasteiger partial charge on any atom is -0.543 e. The summed E-state index contributed by atoms with van der Waals surface area (Å²) in [5.74, 6) is -4.29. The van der Waals surface area contributed by atoms with Gasteiger partial charge in [-0.25, -0.2) is 13.8 Å². The Labute approximate surface area is 221 Å². The molecule has 0 radical (unpaired) electrons. The number of carbonyl (C=O) groups excluding carboxylic acids is 3. The van der Waals surface area contributed by atoms with Crippen molar-refractivity contribution in [1.29, 1.82) is 0 Å². The molecule has 0 aliphatic carbocycles. The number of nitrogens with zero attached hydrogens (tertiary/aromatic N) is 5. The van der Waals surface area contributed by atoms with Crippen LogP contribution in [0.15, 0.2) is 53.1 Å². The van der Waals surface area contributed by atoms with Gasteiger partial charge in [0.15, 0.2) is 24.1 Å². The van der Waals surface area contributed by atoms with Crippen LogP contribution in [0.2, 0.25) is 0 Å². The first-order valence-corrected chi connectivity index (χ1v) is 12.5. The fourth-order valence-electron chi connectivity index (χ4n) is 3.61. The molecule has 1 saturated heterocycles. The molecule has 0 spiro atoms. The number of fused-ring (bicyclic) bond motifs is 1. The number of allylic oxidation sites excluding steroid dienone is 2. The predicted molar refractivity (Wildman–Crippen MR) is 128 cm³/mol. The molecule has 4 N–H and O–H groups in total. The van der Waals surface area contributed by atoms with Crippen molar-refractivity contribution in [3.8, 4) is 0 Å². The smallest absolute Gasteiger partial charge is 0.336 e. The van der Waals surface area contributed by atoms with E-state index in [4.69, 9.17) is 10.8 Å². The number of rotatable bonds is 10. The molecule has 2 aliphatic heterocycles. The van der Waals surface area contributed by atoms with E-state index in [-0.39, 0.29) is 28.0 Å². The molecular weight excluding hydrogens is 545 g/mol. The summed E-state index contributed by atoms with van der Waals surface area (Å²) < 4.78 is 18.0. The number of carboxylic acids is 2. The Kier molecular flexibility index (Phi) is 7.96. The van der Waals surface area contributed by atoms with Crippen molar-refractivity contribution < 1.29 is 43.2 Å². The van der Waals surface area contributed by atoms with E-state index in [2.05, 4.69) is 24.7 Å². The van der Waals surface area contributed by atoms with Crippen LogP contribution < -0.4 is 20.7 Å². The number of nitrogen functional groups attached to an aromatic ring is 1. The summed E-state index contributed by atoms with van der Waals surface area (Å²) in [5.41, 5.74) is 5.14. The van der Waals surface area contributed by atoms with Gasteiger partial charge in [-0.2, -0.15) is 9.36 Å². The van der Waals surface area contributed by atoms with E-state index in [0.717, 1.165) is 16.4 Å². The minimum atomic E-state index is -1.56. The standard InChI is InChI=1S/C21H18FN7O7S2/c22-9-36-26-12(15-25-21(23)38-27-15)16(30)24-13-17(31)29-14(20(34)35)11(8-37-18(13)29)2-1-5-28-6-3-10(4-7-28)19(32)33/h1-4,6-7,13,18H,5,8-9H2,(H4-,23,24,25,27,30,32,33,34,35)/b2-1+,26-12-/t13-,18-/m1/s1. The van der Waals surface area contributed by atoms with Crippen LogP contribution >= 0.6 is 23.3 Å². The SMILES string of the molecule is Nc1nc(/C(=N/OCF)C(=O)N[C@@H]2C(=O)N3C(C(=O)[O-])=C(/C=C/C[n+]4ccc(C(=O)O)cc4)CS[C@H]23)ns1. The van der Waals surface area contributed by atoms with Gasteiger partial charge in [0.25, 0.3) is 18.7 Å². The molecule has 0 bridgehead atoms. The first kappa shape index (κ1) is 26.7. The topological polar surface area (TPSA) is 204 Å². The van der Waals surface area contributed by atoms with Gasteiger partial charge in [0.2, 0.25) is 11.5 Å². The molecule has 2 atom stereocenters. The third-order valence-electron chi connectivity index (χ3n) is 5.32.